The van der Waals surface area contributed by atoms with Crippen molar-refractivity contribution in [1.82, 2.24) is 4.90 Å². The molecule has 0 spiro atoms. The molecule has 0 aliphatic rings. The van der Waals surface area contributed by atoms with E-state index in [2.05, 4.69) is 0 Å². The van der Waals surface area contributed by atoms with E-state index in [0.29, 0.717) is 6.42 Å². The van der Waals surface area contributed by atoms with E-state index in [9.17, 15) is 9.59 Å². The molecule has 1 rings (SSSR count). The number of benzene rings is 1. The van der Waals surface area contributed by atoms with Gasteiger partial charge in [-0.2, -0.15) is 0 Å². The first kappa shape index (κ1) is 15.0. The second-order valence-electron chi connectivity index (χ2n) is 4.11. The van der Waals surface area contributed by atoms with E-state index >= 15 is 0 Å². The quantitative estimate of drug-likeness (QED) is 0.832. The number of carbonyl (C=O) groups excluding carboxylic acids is 2. The first-order chi connectivity index (χ1) is 9.04. The Balaban J connectivity index is 2.40. The van der Waals surface area contributed by atoms with E-state index in [4.69, 9.17) is 16.2 Å². The molecule has 1 atom stereocenters. The van der Waals surface area contributed by atoms with Gasteiger partial charge in [0.15, 0.2) is 0 Å². The lowest BCUT2D eigenvalue weighted by molar-refractivity contribution is 0.107. The molecule has 0 saturated heterocycles. The lowest BCUT2D eigenvalue weighted by atomic mass is 10.1. The van der Waals surface area contributed by atoms with Gasteiger partial charge >= 0.3 is 12.1 Å². The van der Waals surface area contributed by atoms with Crippen LogP contribution in [-0.4, -0.2) is 36.2 Å². The van der Waals surface area contributed by atoms with Crippen molar-refractivity contribution >= 4 is 12.1 Å². The average molecular weight is 265 g/mol. The smallest absolute Gasteiger partial charge is 0.418 e. The van der Waals surface area contributed by atoms with E-state index in [1.807, 2.05) is 30.3 Å². The van der Waals surface area contributed by atoms with Crippen LogP contribution in [0.15, 0.2) is 30.3 Å². The molecule has 6 nitrogen and oxygen atoms in total. The van der Waals surface area contributed by atoms with Gasteiger partial charge in [0.25, 0.3) is 0 Å². The molecule has 0 saturated carbocycles. The average Bonchev–Trinajstić information content (AvgIpc) is 2.38. The molecular weight excluding hydrogens is 246 g/mol. The minimum absolute atomic E-state index is 0.0392. The molecule has 1 aromatic rings. The van der Waals surface area contributed by atoms with E-state index in [1.165, 1.54) is 0 Å². The van der Waals surface area contributed by atoms with Crippen LogP contribution in [0.3, 0.4) is 0 Å². The maximum Gasteiger partial charge on any atom is 0.418 e. The van der Waals surface area contributed by atoms with Crippen molar-refractivity contribution < 1.29 is 14.3 Å². The second-order valence-corrected chi connectivity index (χ2v) is 4.11. The summed E-state index contributed by atoms with van der Waals surface area (Å²) in [6.07, 6.45) is -0.171. The molecule has 3 amide bonds. The van der Waals surface area contributed by atoms with E-state index in [-0.39, 0.29) is 19.2 Å². The summed E-state index contributed by atoms with van der Waals surface area (Å²) in [6, 6.07) is 8.50. The maximum atomic E-state index is 11.5. The van der Waals surface area contributed by atoms with E-state index < -0.39 is 12.1 Å². The SMILES string of the molecule is CCN(C(N)=O)C(=O)OCC(N)Cc1ccccc1. The number of hydrogen-bond acceptors (Lipinski definition) is 4. The number of nitrogens with zero attached hydrogens (tertiary/aromatic N) is 1. The fourth-order valence-corrected chi connectivity index (χ4v) is 1.61. The van der Waals surface area contributed by atoms with Gasteiger partial charge < -0.3 is 16.2 Å². The lowest BCUT2D eigenvalue weighted by Gasteiger charge is -2.18. The number of amides is 3. The van der Waals surface area contributed by atoms with Crippen LogP contribution < -0.4 is 11.5 Å². The molecule has 1 aromatic carbocycles. The highest BCUT2D eigenvalue weighted by Gasteiger charge is 2.19. The zero-order valence-corrected chi connectivity index (χ0v) is 10.9. The van der Waals surface area contributed by atoms with Gasteiger partial charge in [0.1, 0.15) is 6.61 Å². The van der Waals surface area contributed by atoms with Crippen molar-refractivity contribution in [3.05, 3.63) is 35.9 Å². The van der Waals surface area contributed by atoms with Crippen LogP contribution in [0.4, 0.5) is 9.59 Å². The maximum absolute atomic E-state index is 11.5. The van der Waals surface area contributed by atoms with Crippen molar-refractivity contribution in [2.24, 2.45) is 11.5 Å². The number of carbonyl (C=O) groups is 2. The third-order valence-electron chi connectivity index (χ3n) is 2.56. The monoisotopic (exact) mass is 265 g/mol. The summed E-state index contributed by atoms with van der Waals surface area (Å²) >= 11 is 0. The van der Waals surface area contributed by atoms with Gasteiger partial charge in [-0.15, -0.1) is 0 Å². The number of rotatable bonds is 5. The molecule has 1 unspecified atom stereocenters. The molecule has 0 aromatic heterocycles. The van der Waals surface area contributed by atoms with Crippen LogP contribution in [-0.2, 0) is 11.2 Å². The van der Waals surface area contributed by atoms with Crippen LogP contribution in [0.5, 0.6) is 0 Å². The second kappa shape index (κ2) is 7.38. The van der Waals surface area contributed by atoms with Gasteiger partial charge in [0, 0.05) is 12.6 Å². The Hall–Kier alpha value is -2.08. The van der Waals surface area contributed by atoms with Crippen molar-refractivity contribution in [2.75, 3.05) is 13.2 Å². The van der Waals surface area contributed by atoms with Crippen LogP contribution >= 0.6 is 0 Å². The molecule has 0 aliphatic heterocycles. The molecule has 0 aliphatic carbocycles. The first-order valence-electron chi connectivity index (χ1n) is 6.07. The van der Waals surface area contributed by atoms with Crippen molar-refractivity contribution in [3.8, 4) is 0 Å². The van der Waals surface area contributed by atoms with Gasteiger partial charge in [-0.3, -0.25) is 0 Å². The number of imide groups is 1. The molecule has 19 heavy (non-hydrogen) atoms. The van der Waals surface area contributed by atoms with Gasteiger partial charge in [-0.25, -0.2) is 14.5 Å². The molecule has 0 radical (unpaired) electrons. The minimum Gasteiger partial charge on any atom is -0.447 e. The van der Waals surface area contributed by atoms with Gasteiger partial charge in [-0.05, 0) is 18.9 Å². The Labute approximate surface area is 112 Å². The highest BCUT2D eigenvalue weighted by atomic mass is 16.6. The zero-order valence-electron chi connectivity index (χ0n) is 10.9. The Morgan fingerprint density at radius 2 is 1.95 bits per heavy atom. The predicted octanol–water partition coefficient (Wildman–Crippen LogP) is 1.09. The molecule has 0 heterocycles. The van der Waals surface area contributed by atoms with E-state index in [0.717, 1.165) is 10.5 Å². The summed E-state index contributed by atoms with van der Waals surface area (Å²) in [5, 5.41) is 0. The Kier molecular flexibility index (Phi) is 5.81. The molecular formula is C13H19N3O3. The molecule has 6 heteroatoms. The Morgan fingerprint density at radius 1 is 1.32 bits per heavy atom. The van der Waals surface area contributed by atoms with Crippen molar-refractivity contribution in [3.63, 3.8) is 0 Å². The third-order valence-corrected chi connectivity index (χ3v) is 2.56. The van der Waals surface area contributed by atoms with Crippen molar-refractivity contribution in [2.45, 2.75) is 19.4 Å². The molecule has 104 valence electrons. The summed E-state index contributed by atoms with van der Waals surface area (Å²) in [7, 11) is 0. The largest absolute Gasteiger partial charge is 0.447 e. The number of ether oxygens (including phenoxy) is 1. The predicted molar refractivity (Wildman–Crippen MR) is 71.4 cm³/mol. The van der Waals surface area contributed by atoms with Crippen LogP contribution in [0.2, 0.25) is 0 Å². The van der Waals surface area contributed by atoms with Gasteiger partial charge in [0.2, 0.25) is 0 Å². The molecule has 0 fully saturated rings. The summed E-state index contributed by atoms with van der Waals surface area (Å²) in [6.45, 7) is 1.84. The first-order valence-corrected chi connectivity index (χ1v) is 6.07. The van der Waals surface area contributed by atoms with Crippen LogP contribution in [0.1, 0.15) is 12.5 Å². The Bertz CT molecular complexity index is 422. The Morgan fingerprint density at radius 3 is 2.47 bits per heavy atom. The fourth-order valence-electron chi connectivity index (χ4n) is 1.61. The minimum atomic E-state index is -0.830. The number of hydrogen-bond donors (Lipinski definition) is 2. The van der Waals surface area contributed by atoms with Crippen molar-refractivity contribution in [1.29, 1.82) is 0 Å². The van der Waals surface area contributed by atoms with Gasteiger partial charge in [0.05, 0.1) is 0 Å². The topological polar surface area (TPSA) is 98.6 Å². The highest BCUT2D eigenvalue weighted by molar-refractivity contribution is 5.89. The summed E-state index contributed by atoms with van der Waals surface area (Å²) in [4.78, 5) is 23.3. The number of primary amides is 1. The summed E-state index contributed by atoms with van der Waals surface area (Å²) in [5.74, 6) is 0. The number of nitrogens with two attached hydrogens (primary N) is 2. The lowest BCUT2D eigenvalue weighted by Crippen LogP contribution is -2.42. The summed E-state index contributed by atoms with van der Waals surface area (Å²) in [5.41, 5.74) is 12.0. The van der Waals surface area contributed by atoms with Crippen LogP contribution in [0, 0.1) is 0 Å². The normalized spacial score (nSPS) is 11.7. The molecule has 4 N–H and O–H groups in total. The number of urea groups is 1. The fraction of sp³-hybridized carbons (Fsp3) is 0.385. The zero-order chi connectivity index (χ0) is 14.3. The summed E-state index contributed by atoms with van der Waals surface area (Å²) < 4.78 is 4.95. The van der Waals surface area contributed by atoms with Gasteiger partial charge in [-0.1, -0.05) is 30.3 Å². The van der Waals surface area contributed by atoms with Crippen LogP contribution in [0.25, 0.3) is 0 Å². The highest BCUT2D eigenvalue weighted by Crippen LogP contribution is 2.03. The third kappa shape index (κ3) is 4.97. The molecule has 0 bridgehead atoms. The van der Waals surface area contributed by atoms with E-state index in [1.54, 1.807) is 6.92 Å². The standard InChI is InChI=1S/C13H19N3O3/c1-2-16(12(15)17)13(18)19-9-11(14)8-10-6-4-3-5-7-10/h3-7,11H,2,8-9,14H2,1H3,(H2,15,17).